The van der Waals surface area contributed by atoms with Gasteiger partial charge in [0.1, 0.15) is 0 Å². The van der Waals surface area contributed by atoms with Gasteiger partial charge in [-0.2, -0.15) is 0 Å². The van der Waals surface area contributed by atoms with Crippen molar-refractivity contribution in [2.24, 2.45) is 0 Å². The van der Waals surface area contributed by atoms with E-state index in [4.69, 9.17) is 5.73 Å². The Kier molecular flexibility index (Phi) is 1.91. The molecule has 0 bridgehead atoms. The van der Waals surface area contributed by atoms with Crippen molar-refractivity contribution in [3.63, 3.8) is 0 Å². The standard InChI is InChI=1S/C16H17N/c1-10-6-4-7-11-14(10)15-12(16(11,2)3)8-5-9-13(15)17/h4-9H,17H2,1-3H3. The summed E-state index contributed by atoms with van der Waals surface area (Å²) >= 11 is 0. The summed E-state index contributed by atoms with van der Waals surface area (Å²) in [5.41, 5.74) is 13.8. The van der Waals surface area contributed by atoms with Crippen LogP contribution in [0.2, 0.25) is 0 Å². The topological polar surface area (TPSA) is 26.0 Å². The van der Waals surface area contributed by atoms with E-state index >= 15 is 0 Å². The van der Waals surface area contributed by atoms with Crippen LogP contribution < -0.4 is 5.73 Å². The highest BCUT2D eigenvalue weighted by Gasteiger charge is 2.36. The van der Waals surface area contributed by atoms with Crippen molar-refractivity contribution in [1.82, 2.24) is 0 Å². The van der Waals surface area contributed by atoms with E-state index in [0.29, 0.717) is 0 Å². The number of benzene rings is 2. The van der Waals surface area contributed by atoms with Crippen LogP contribution in [-0.2, 0) is 5.41 Å². The fourth-order valence-corrected chi connectivity index (χ4v) is 3.04. The summed E-state index contributed by atoms with van der Waals surface area (Å²) in [7, 11) is 0. The summed E-state index contributed by atoms with van der Waals surface area (Å²) in [5.74, 6) is 0. The van der Waals surface area contributed by atoms with Crippen LogP contribution in [-0.4, -0.2) is 0 Å². The Bertz CT molecular complexity index is 555. The summed E-state index contributed by atoms with van der Waals surface area (Å²) in [6.07, 6.45) is 0. The van der Waals surface area contributed by atoms with E-state index in [2.05, 4.69) is 51.1 Å². The second-order valence-corrected chi connectivity index (χ2v) is 5.39. The monoisotopic (exact) mass is 223 g/mol. The fraction of sp³-hybridized carbons (Fsp3) is 0.250. The lowest BCUT2D eigenvalue weighted by atomic mass is 9.82. The van der Waals surface area contributed by atoms with E-state index in [1.54, 1.807) is 0 Å². The Morgan fingerprint density at radius 3 is 2.18 bits per heavy atom. The first-order valence-corrected chi connectivity index (χ1v) is 6.03. The third kappa shape index (κ3) is 1.20. The van der Waals surface area contributed by atoms with Gasteiger partial charge in [0.25, 0.3) is 0 Å². The second-order valence-electron chi connectivity index (χ2n) is 5.39. The molecule has 0 atom stereocenters. The van der Waals surface area contributed by atoms with E-state index in [9.17, 15) is 0 Å². The molecule has 0 fully saturated rings. The Balaban J connectivity index is 2.49. The van der Waals surface area contributed by atoms with Gasteiger partial charge < -0.3 is 5.73 Å². The Hall–Kier alpha value is -1.76. The van der Waals surface area contributed by atoms with Crippen LogP contribution in [0.5, 0.6) is 0 Å². The number of fused-ring (bicyclic) bond motifs is 3. The lowest BCUT2D eigenvalue weighted by Gasteiger charge is -2.21. The molecule has 2 aromatic carbocycles. The minimum absolute atomic E-state index is 0.0616. The van der Waals surface area contributed by atoms with Gasteiger partial charge in [0.2, 0.25) is 0 Å². The van der Waals surface area contributed by atoms with Crippen molar-refractivity contribution in [1.29, 1.82) is 0 Å². The zero-order chi connectivity index (χ0) is 12.2. The molecular formula is C16H17N. The lowest BCUT2D eigenvalue weighted by Crippen LogP contribution is -2.14. The van der Waals surface area contributed by atoms with Crippen LogP contribution in [0.25, 0.3) is 11.1 Å². The second kappa shape index (κ2) is 3.13. The van der Waals surface area contributed by atoms with Crippen molar-refractivity contribution in [2.45, 2.75) is 26.2 Å². The van der Waals surface area contributed by atoms with E-state index in [0.717, 1.165) is 5.69 Å². The Morgan fingerprint density at radius 1 is 0.882 bits per heavy atom. The SMILES string of the molecule is Cc1cccc2c1-c1c(N)cccc1C2(C)C. The van der Waals surface area contributed by atoms with E-state index < -0.39 is 0 Å². The largest absolute Gasteiger partial charge is 0.398 e. The van der Waals surface area contributed by atoms with Crippen molar-refractivity contribution >= 4 is 5.69 Å². The third-order valence-corrected chi connectivity index (χ3v) is 3.97. The van der Waals surface area contributed by atoms with Gasteiger partial charge in [-0.3, -0.25) is 0 Å². The van der Waals surface area contributed by atoms with Crippen molar-refractivity contribution < 1.29 is 0 Å². The van der Waals surface area contributed by atoms with E-state index in [1.165, 1.54) is 27.8 Å². The molecule has 1 heteroatoms. The maximum absolute atomic E-state index is 6.18. The lowest BCUT2D eigenvalue weighted by molar-refractivity contribution is 0.660. The minimum atomic E-state index is 0.0616. The molecule has 0 spiro atoms. The average Bonchev–Trinajstić information content (AvgIpc) is 2.52. The molecule has 2 aromatic rings. The summed E-state index contributed by atoms with van der Waals surface area (Å²) in [5, 5.41) is 0. The molecular weight excluding hydrogens is 206 g/mol. The van der Waals surface area contributed by atoms with Crippen LogP contribution in [0.3, 0.4) is 0 Å². The van der Waals surface area contributed by atoms with Crippen LogP contribution >= 0.6 is 0 Å². The molecule has 3 rings (SSSR count). The van der Waals surface area contributed by atoms with Gasteiger partial charge >= 0.3 is 0 Å². The highest BCUT2D eigenvalue weighted by Crippen LogP contribution is 2.51. The molecule has 1 aliphatic rings. The molecule has 1 nitrogen and oxygen atoms in total. The third-order valence-electron chi connectivity index (χ3n) is 3.97. The zero-order valence-electron chi connectivity index (χ0n) is 10.5. The molecule has 2 N–H and O–H groups in total. The Morgan fingerprint density at radius 2 is 1.47 bits per heavy atom. The van der Waals surface area contributed by atoms with Gasteiger partial charge in [0, 0.05) is 16.7 Å². The maximum Gasteiger partial charge on any atom is 0.0397 e. The molecule has 0 radical (unpaired) electrons. The minimum Gasteiger partial charge on any atom is -0.398 e. The molecule has 17 heavy (non-hydrogen) atoms. The normalized spacial score (nSPS) is 15.5. The molecule has 0 unspecified atom stereocenters. The first-order chi connectivity index (χ1) is 8.03. The fourth-order valence-electron chi connectivity index (χ4n) is 3.04. The van der Waals surface area contributed by atoms with E-state index in [1.807, 2.05) is 6.07 Å². The van der Waals surface area contributed by atoms with Crippen LogP contribution in [0.4, 0.5) is 5.69 Å². The molecule has 0 saturated heterocycles. The molecule has 86 valence electrons. The highest BCUT2D eigenvalue weighted by molar-refractivity contribution is 5.90. The number of rotatable bonds is 0. The van der Waals surface area contributed by atoms with Crippen LogP contribution in [0.1, 0.15) is 30.5 Å². The van der Waals surface area contributed by atoms with Crippen molar-refractivity contribution in [2.75, 3.05) is 5.73 Å². The quantitative estimate of drug-likeness (QED) is 0.674. The number of hydrogen-bond acceptors (Lipinski definition) is 1. The smallest absolute Gasteiger partial charge is 0.0397 e. The number of nitrogens with two attached hydrogens (primary N) is 1. The molecule has 0 aliphatic heterocycles. The predicted molar refractivity (Wildman–Crippen MR) is 73.2 cm³/mol. The van der Waals surface area contributed by atoms with Crippen molar-refractivity contribution in [3.8, 4) is 11.1 Å². The summed E-state index contributed by atoms with van der Waals surface area (Å²) in [6.45, 7) is 6.71. The predicted octanol–water partition coefficient (Wildman–Crippen LogP) is 3.88. The molecule has 0 amide bonds. The summed E-state index contributed by atoms with van der Waals surface area (Å²) in [6, 6.07) is 12.8. The molecule has 0 aromatic heterocycles. The average molecular weight is 223 g/mol. The number of aryl methyl sites for hydroxylation is 1. The summed E-state index contributed by atoms with van der Waals surface area (Å²) in [4.78, 5) is 0. The van der Waals surface area contributed by atoms with Gasteiger partial charge in [0.15, 0.2) is 0 Å². The van der Waals surface area contributed by atoms with Crippen LogP contribution in [0.15, 0.2) is 36.4 Å². The number of nitrogen functional groups attached to an aromatic ring is 1. The summed E-state index contributed by atoms with van der Waals surface area (Å²) < 4.78 is 0. The molecule has 1 aliphatic carbocycles. The number of anilines is 1. The van der Waals surface area contributed by atoms with Gasteiger partial charge in [-0.05, 0) is 35.2 Å². The molecule has 0 saturated carbocycles. The zero-order valence-corrected chi connectivity index (χ0v) is 10.5. The first kappa shape index (κ1) is 10.4. The highest BCUT2D eigenvalue weighted by atomic mass is 14.6. The van der Waals surface area contributed by atoms with Crippen molar-refractivity contribution in [3.05, 3.63) is 53.1 Å². The van der Waals surface area contributed by atoms with Gasteiger partial charge in [0.05, 0.1) is 0 Å². The van der Waals surface area contributed by atoms with Crippen LogP contribution in [0, 0.1) is 6.92 Å². The van der Waals surface area contributed by atoms with Gasteiger partial charge in [-0.25, -0.2) is 0 Å². The maximum atomic E-state index is 6.18. The van der Waals surface area contributed by atoms with Gasteiger partial charge in [-0.1, -0.05) is 44.2 Å². The number of hydrogen-bond donors (Lipinski definition) is 1. The van der Waals surface area contributed by atoms with E-state index in [-0.39, 0.29) is 5.41 Å². The molecule has 0 heterocycles. The first-order valence-electron chi connectivity index (χ1n) is 6.03. The Labute approximate surface area is 102 Å². The van der Waals surface area contributed by atoms with Gasteiger partial charge in [-0.15, -0.1) is 0 Å².